The second kappa shape index (κ2) is 6.59. The van der Waals surface area contributed by atoms with Crippen LogP contribution in [0.5, 0.6) is 0 Å². The Bertz CT molecular complexity index is 278. The molecule has 0 heterocycles. The zero-order valence-corrected chi connectivity index (χ0v) is 10.4. The van der Waals surface area contributed by atoms with Crippen LogP contribution in [0.1, 0.15) is 33.1 Å². The van der Waals surface area contributed by atoms with Gasteiger partial charge in [0, 0.05) is 12.5 Å². The zero-order chi connectivity index (χ0) is 12.8. The average Bonchev–Trinajstić information content (AvgIpc) is 2.73. The van der Waals surface area contributed by atoms with E-state index in [1.807, 2.05) is 13.8 Å². The lowest BCUT2D eigenvalue weighted by atomic mass is 10.0. The van der Waals surface area contributed by atoms with Crippen LogP contribution >= 0.6 is 0 Å². The number of rotatable bonds is 6. The Hall–Kier alpha value is -1.10. The van der Waals surface area contributed by atoms with E-state index in [1.165, 1.54) is 0 Å². The number of hydrogen-bond acceptors (Lipinski definition) is 3. The van der Waals surface area contributed by atoms with E-state index in [0.29, 0.717) is 32.4 Å². The first-order valence-electron chi connectivity index (χ1n) is 6.12. The molecule has 2 N–H and O–H groups in total. The maximum Gasteiger partial charge on any atom is 0.306 e. The van der Waals surface area contributed by atoms with Crippen LogP contribution in [0.2, 0.25) is 0 Å². The molecule has 0 aromatic carbocycles. The highest BCUT2D eigenvalue weighted by atomic mass is 16.5. The molecular formula is C12H21NO4. The van der Waals surface area contributed by atoms with E-state index >= 15 is 0 Å². The van der Waals surface area contributed by atoms with Crippen LogP contribution in [0, 0.1) is 11.8 Å². The lowest BCUT2D eigenvalue weighted by Gasteiger charge is -2.12. The minimum atomic E-state index is -0.788. The van der Waals surface area contributed by atoms with Gasteiger partial charge in [-0.2, -0.15) is 0 Å². The Labute approximate surface area is 102 Å². The predicted molar refractivity (Wildman–Crippen MR) is 62.6 cm³/mol. The number of nitrogens with one attached hydrogen (secondary N) is 1. The molecular weight excluding hydrogens is 222 g/mol. The van der Waals surface area contributed by atoms with Crippen molar-refractivity contribution in [3.05, 3.63) is 0 Å². The van der Waals surface area contributed by atoms with E-state index in [4.69, 9.17) is 9.84 Å². The van der Waals surface area contributed by atoms with E-state index in [2.05, 4.69) is 5.32 Å². The molecule has 5 nitrogen and oxygen atoms in total. The Morgan fingerprint density at radius 2 is 2.00 bits per heavy atom. The number of carbonyl (C=O) groups is 2. The SMILES string of the molecule is CC(C)OCCNC(=O)[C@@H]1CC[C@H](C(=O)O)C1. The monoisotopic (exact) mass is 243 g/mol. The molecule has 17 heavy (non-hydrogen) atoms. The van der Waals surface area contributed by atoms with Crippen LogP contribution in [0.25, 0.3) is 0 Å². The van der Waals surface area contributed by atoms with Gasteiger partial charge in [-0.05, 0) is 33.1 Å². The Morgan fingerprint density at radius 3 is 2.53 bits per heavy atom. The maximum atomic E-state index is 11.7. The van der Waals surface area contributed by atoms with E-state index in [-0.39, 0.29) is 23.8 Å². The molecule has 0 unspecified atom stereocenters. The molecule has 1 aliphatic carbocycles. The van der Waals surface area contributed by atoms with Gasteiger partial charge in [0.25, 0.3) is 0 Å². The molecule has 0 saturated heterocycles. The van der Waals surface area contributed by atoms with E-state index < -0.39 is 5.97 Å². The van der Waals surface area contributed by atoms with Crippen LogP contribution < -0.4 is 5.32 Å². The molecule has 0 aromatic heterocycles. The fourth-order valence-corrected chi connectivity index (χ4v) is 2.06. The lowest BCUT2D eigenvalue weighted by molar-refractivity contribution is -0.141. The highest BCUT2D eigenvalue weighted by molar-refractivity contribution is 5.80. The third-order valence-electron chi connectivity index (χ3n) is 3.01. The molecule has 1 aliphatic rings. The largest absolute Gasteiger partial charge is 0.481 e. The third kappa shape index (κ3) is 4.73. The zero-order valence-electron chi connectivity index (χ0n) is 10.4. The fraction of sp³-hybridized carbons (Fsp3) is 0.833. The summed E-state index contributed by atoms with van der Waals surface area (Å²) in [5.74, 6) is -1.32. The first-order valence-corrected chi connectivity index (χ1v) is 6.12. The number of ether oxygens (including phenoxy) is 1. The summed E-state index contributed by atoms with van der Waals surface area (Å²) in [6.07, 6.45) is 1.91. The summed E-state index contributed by atoms with van der Waals surface area (Å²) < 4.78 is 5.31. The number of aliphatic carboxylic acids is 1. The first kappa shape index (κ1) is 14.0. The Kier molecular flexibility index (Phi) is 5.41. The van der Waals surface area contributed by atoms with Crippen molar-refractivity contribution < 1.29 is 19.4 Å². The number of carboxylic acids is 1. The van der Waals surface area contributed by atoms with Gasteiger partial charge in [0.15, 0.2) is 0 Å². The Morgan fingerprint density at radius 1 is 1.35 bits per heavy atom. The van der Waals surface area contributed by atoms with Gasteiger partial charge in [-0.25, -0.2) is 0 Å². The van der Waals surface area contributed by atoms with Crippen LogP contribution in [0.15, 0.2) is 0 Å². The molecule has 1 rings (SSSR count). The normalized spacial score (nSPS) is 23.9. The first-order chi connectivity index (χ1) is 8.00. The van der Waals surface area contributed by atoms with Crippen molar-refractivity contribution in [2.24, 2.45) is 11.8 Å². The second-order valence-electron chi connectivity index (χ2n) is 4.76. The molecule has 0 spiro atoms. The fourth-order valence-electron chi connectivity index (χ4n) is 2.06. The summed E-state index contributed by atoms with van der Waals surface area (Å²) in [4.78, 5) is 22.5. The third-order valence-corrected chi connectivity index (χ3v) is 3.01. The van der Waals surface area contributed by atoms with Gasteiger partial charge in [-0.15, -0.1) is 0 Å². The van der Waals surface area contributed by atoms with E-state index in [0.717, 1.165) is 0 Å². The Balaban J connectivity index is 2.19. The van der Waals surface area contributed by atoms with Gasteiger partial charge < -0.3 is 15.2 Å². The molecule has 0 aromatic rings. The van der Waals surface area contributed by atoms with Crippen molar-refractivity contribution >= 4 is 11.9 Å². The van der Waals surface area contributed by atoms with Gasteiger partial charge in [0.2, 0.25) is 5.91 Å². The van der Waals surface area contributed by atoms with Crippen molar-refractivity contribution in [2.45, 2.75) is 39.2 Å². The van der Waals surface area contributed by atoms with Crippen LogP contribution in [0.4, 0.5) is 0 Å². The van der Waals surface area contributed by atoms with Crippen molar-refractivity contribution in [1.29, 1.82) is 0 Å². The van der Waals surface area contributed by atoms with Crippen molar-refractivity contribution in [2.75, 3.05) is 13.2 Å². The van der Waals surface area contributed by atoms with Crippen molar-refractivity contribution in [3.8, 4) is 0 Å². The summed E-state index contributed by atoms with van der Waals surface area (Å²) in [5.41, 5.74) is 0. The molecule has 0 aliphatic heterocycles. The topological polar surface area (TPSA) is 75.6 Å². The molecule has 1 saturated carbocycles. The highest BCUT2D eigenvalue weighted by Crippen LogP contribution is 2.30. The minimum Gasteiger partial charge on any atom is -0.481 e. The average molecular weight is 243 g/mol. The molecule has 1 fully saturated rings. The van der Waals surface area contributed by atoms with Gasteiger partial charge in [-0.3, -0.25) is 9.59 Å². The van der Waals surface area contributed by atoms with E-state index in [1.54, 1.807) is 0 Å². The summed E-state index contributed by atoms with van der Waals surface area (Å²) in [5, 5.41) is 11.6. The number of carboxylic acid groups (broad SMARTS) is 1. The van der Waals surface area contributed by atoms with Gasteiger partial charge in [0.1, 0.15) is 0 Å². The van der Waals surface area contributed by atoms with Crippen LogP contribution in [-0.4, -0.2) is 36.2 Å². The van der Waals surface area contributed by atoms with Crippen molar-refractivity contribution in [1.82, 2.24) is 5.32 Å². The number of amides is 1. The number of carbonyl (C=O) groups excluding carboxylic acids is 1. The van der Waals surface area contributed by atoms with Gasteiger partial charge in [0.05, 0.1) is 18.6 Å². The molecule has 0 bridgehead atoms. The minimum absolute atomic E-state index is 0.0406. The number of hydrogen-bond donors (Lipinski definition) is 2. The predicted octanol–water partition coefficient (Wildman–Crippen LogP) is 1.03. The summed E-state index contributed by atoms with van der Waals surface area (Å²) in [7, 11) is 0. The van der Waals surface area contributed by atoms with Gasteiger partial charge in [-0.1, -0.05) is 0 Å². The molecule has 2 atom stereocenters. The van der Waals surface area contributed by atoms with Crippen LogP contribution in [0.3, 0.4) is 0 Å². The second-order valence-corrected chi connectivity index (χ2v) is 4.76. The van der Waals surface area contributed by atoms with Crippen molar-refractivity contribution in [3.63, 3.8) is 0 Å². The molecule has 1 amide bonds. The summed E-state index contributed by atoms with van der Waals surface area (Å²) in [6.45, 7) is 4.87. The summed E-state index contributed by atoms with van der Waals surface area (Å²) in [6, 6.07) is 0. The molecule has 0 radical (unpaired) electrons. The lowest BCUT2D eigenvalue weighted by Crippen LogP contribution is -2.32. The maximum absolute atomic E-state index is 11.7. The smallest absolute Gasteiger partial charge is 0.306 e. The molecule has 5 heteroatoms. The quantitative estimate of drug-likeness (QED) is 0.683. The van der Waals surface area contributed by atoms with Crippen LogP contribution in [-0.2, 0) is 14.3 Å². The highest BCUT2D eigenvalue weighted by Gasteiger charge is 2.33. The summed E-state index contributed by atoms with van der Waals surface area (Å²) >= 11 is 0. The molecule has 98 valence electrons. The standard InChI is InChI=1S/C12H21NO4/c1-8(2)17-6-5-13-11(14)9-3-4-10(7-9)12(15)16/h8-10H,3-7H2,1-2H3,(H,13,14)(H,15,16)/t9-,10+/m1/s1. The van der Waals surface area contributed by atoms with E-state index in [9.17, 15) is 9.59 Å². The van der Waals surface area contributed by atoms with Gasteiger partial charge >= 0.3 is 5.97 Å².